The van der Waals surface area contributed by atoms with Crippen molar-refractivity contribution in [1.82, 2.24) is 9.55 Å². The van der Waals surface area contributed by atoms with E-state index in [0.717, 1.165) is 5.52 Å². The van der Waals surface area contributed by atoms with E-state index in [4.69, 9.17) is 12.2 Å². The molecule has 0 radical (unpaired) electrons. The quantitative estimate of drug-likeness (QED) is 0.684. The van der Waals surface area contributed by atoms with E-state index < -0.39 is 0 Å². The van der Waals surface area contributed by atoms with Gasteiger partial charge < -0.3 is 9.55 Å². The van der Waals surface area contributed by atoms with Gasteiger partial charge in [0.2, 0.25) is 0 Å². The first-order valence-electron chi connectivity index (χ1n) is 5.59. The van der Waals surface area contributed by atoms with Gasteiger partial charge in [-0.15, -0.1) is 0 Å². The van der Waals surface area contributed by atoms with Crippen LogP contribution in [0.4, 0.5) is 4.39 Å². The molecule has 0 bridgehead atoms. The third kappa shape index (κ3) is 1.71. The Bertz CT molecular complexity index is 740. The summed E-state index contributed by atoms with van der Waals surface area (Å²) in [5, 5.41) is 4.12. The highest BCUT2D eigenvalue weighted by molar-refractivity contribution is 7.71. The molecule has 5 heteroatoms. The van der Waals surface area contributed by atoms with E-state index in [9.17, 15) is 4.39 Å². The van der Waals surface area contributed by atoms with Crippen molar-refractivity contribution in [3.63, 3.8) is 0 Å². The Morgan fingerprint density at radius 2 is 2.22 bits per heavy atom. The van der Waals surface area contributed by atoms with E-state index in [0.29, 0.717) is 10.3 Å². The number of aromatic amines is 1. The molecule has 0 saturated heterocycles. The highest BCUT2D eigenvalue weighted by Crippen LogP contribution is 2.26. The third-order valence-electron chi connectivity index (χ3n) is 3.11. The first-order valence-corrected chi connectivity index (χ1v) is 6.94. The van der Waals surface area contributed by atoms with Crippen LogP contribution in [-0.4, -0.2) is 9.55 Å². The highest BCUT2D eigenvalue weighted by Gasteiger charge is 2.14. The molecule has 2 heterocycles. The van der Waals surface area contributed by atoms with Crippen LogP contribution in [0.3, 0.4) is 0 Å². The van der Waals surface area contributed by atoms with Crippen LogP contribution in [0.25, 0.3) is 11.0 Å². The lowest BCUT2D eigenvalue weighted by molar-refractivity contribution is 0.636. The van der Waals surface area contributed by atoms with Gasteiger partial charge in [-0.1, -0.05) is 6.07 Å². The van der Waals surface area contributed by atoms with Crippen LogP contribution >= 0.6 is 23.6 Å². The monoisotopic (exact) mass is 278 g/mol. The zero-order valence-corrected chi connectivity index (χ0v) is 11.3. The summed E-state index contributed by atoms with van der Waals surface area (Å²) in [6.07, 6.45) is 0. The van der Waals surface area contributed by atoms with Crippen molar-refractivity contribution in [3.8, 4) is 0 Å². The van der Waals surface area contributed by atoms with Gasteiger partial charge in [-0.05, 0) is 53.7 Å². The van der Waals surface area contributed by atoms with Crippen molar-refractivity contribution in [2.75, 3.05) is 0 Å². The maximum atomic E-state index is 13.7. The molecule has 2 nitrogen and oxygen atoms in total. The number of hydrogen-bond donors (Lipinski definition) is 1. The second kappa shape index (κ2) is 4.33. The highest BCUT2D eigenvalue weighted by atomic mass is 32.1. The summed E-state index contributed by atoms with van der Waals surface area (Å²) in [6.45, 7) is 2.07. The van der Waals surface area contributed by atoms with Crippen LogP contribution in [0, 0.1) is 10.6 Å². The Kier molecular flexibility index (Phi) is 2.80. The summed E-state index contributed by atoms with van der Waals surface area (Å²) in [7, 11) is 0. The average molecular weight is 278 g/mol. The second-order valence-electron chi connectivity index (χ2n) is 4.17. The zero-order valence-electron chi connectivity index (χ0n) is 9.68. The molecule has 0 amide bonds. The molecule has 92 valence electrons. The SMILES string of the molecule is CC(c1ccsc1)n1c(=S)[nH]c2c(F)cccc21. The van der Waals surface area contributed by atoms with Gasteiger partial charge >= 0.3 is 0 Å². The first-order chi connectivity index (χ1) is 8.68. The van der Waals surface area contributed by atoms with E-state index in [1.165, 1.54) is 11.6 Å². The number of H-pyrrole nitrogens is 1. The molecule has 1 atom stereocenters. The molecule has 0 saturated carbocycles. The summed E-state index contributed by atoms with van der Waals surface area (Å²) in [4.78, 5) is 2.94. The fourth-order valence-corrected chi connectivity index (χ4v) is 3.27. The molecule has 3 aromatic rings. The molecule has 2 aromatic heterocycles. The van der Waals surface area contributed by atoms with E-state index >= 15 is 0 Å². The van der Waals surface area contributed by atoms with Crippen LogP contribution in [0.5, 0.6) is 0 Å². The third-order valence-corrected chi connectivity index (χ3v) is 4.11. The number of para-hydroxylation sites is 1. The molecule has 0 fully saturated rings. The number of thiophene rings is 1. The van der Waals surface area contributed by atoms with E-state index in [1.807, 2.05) is 16.0 Å². The molecule has 0 aliphatic rings. The second-order valence-corrected chi connectivity index (χ2v) is 5.33. The topological polar surface area (TPSA) is 20.7 Å². The van der Waals surface area contributed by atoms with E-state index in [1.54, 1.807) is 17.4 Å². The van der Waals surface area contributed by atoms with Gasteiger partial charge in [0.1, 0.15) is 11.3 Å². The number of aromatic nitrogens is 2. The minimum Gasteiger partial charge on any atom is -0.328 e. The molecular weight excluding hydrogens is 267 g/mol. The normalized spacial score (nSPS) is 13.0. The lowest BCUT2D eigenvalue weighted by atomic mass is 10.2. The summed E-state index contributed by atoms with van der Waals surface area (Å²) < 4.78 is 16.2. The van der Waals surface area contributed by atoms with Crippen molar-refractivity contribution in [3.05, 3.63) is 51.2 Å². The molecule has 0 aliphatic heterocycles. The molecule has 1 aromatic carbocycles. The van der Waals surface area contributed by atoms with Crippen molar-refractivity contribution in [2.24, 2.45) is 0 Å². The van der Waals surface area contributed by atoms with Crippen LogP contribution < -0.4 is 0 Å². The zero-order chi connectivity index (χ0) is 12.7. The minimum atomic E-state index is -0.269. The number of imidazole rings is 1. The Hall–Kier alpha value is -1.46. The van der Waals surface area contributed by atoms with Crippen LogP contribution in [-0.2, 0) is 0 Å². The number of fused-ring (bicyclic) bond motifs is 1. The van der Waals surface area contributed by atoms with Gasteiger partial charge in [0.05, 0.1) is 11.6 Å². The van der Waals surface area contributed by atoms with Gasteiger partial charge in [0.25, 0.3) is 0 Å². The predicted molar refractivity (Wildman–Crippen MR) is 75.2 cm³/mol. The van der Waals surface area contributed by atoms with E-state index in [-0.39, 0.29) is 11.9 Å². The number of rotatable bonds is 2. The summed E-state index contributed by atoms with van der Waals surface area (Å²) >= 11 is 6.95. The van der Waals surface area contributed by atoms with E-state index in [2.05, 4.69) is 23.4 Å². The number of nitrogens with one attached hydrogen (secondary N) is 1. The molecule has 18 heavy (non-hydrogen) atoms. The summed E-state index contributed by atoms with van der Waals surface area (Å²) in [6, 6.07) is 7.19. The van der Waals surface area contributed by atoms with Gasteiger partial charge in [-0.25, -0.2) is 4.39 Å². The maximum absolute atomic E-state index is 13.7. The van der Waals surface area contributed by atoms with Crippen molar-refractivity contribution >= 4 is 34.6 Å². The Morgan fingerprint density at radius 3 is 2.94 bits per heavy atom. The van der Waals surface area contributed by atoms with Crippen molar-refractivity contribution in [2.45, 2.75) is 13.0 Å². The van der Waals surface area contributed by atoms with Crippen molar-refractivity contribution in [1.29, 1.82) is 0 Å². The standard InChI is InChI=1S/C13H11FN2S2/c1-8(9-5-6-18-7-9)16-11-4-2-3-10(14)12(11)15-13(16)17/h2-8H,1H3,(H,15,17). The van der Waals surface area contributed by atoms with Crippen LogP contribution in [0.15, 0.2) is 35.0 Å². The lowest BCUT2D eigenvalue weighted by Gasteiger charge is -2.13. The average Bonchev–Trinajstić information content (AvgIpc) is 2.96. The Labute approximate surface area is 113 Å². The lowest BCUT2D eigenvalue weighted by Crippen LogP contribution is -2.05. The largest absolute Gasteiger partial charge is 0.328 e. The van der Waals surface area contributed by atoms with Gasteiger partial charge in [0.15, 0.2) is 4.77 Å². The minimum absolute atomic E-state index is 0.0966. The number of halogens is 1. The molecule has 1 N–H and O–H groups in total. The smallest absolute Gasteiger partial charge is 0.178 e. The van der Waals surface area contributed by atoms with Crippen molar-refractivity contribution < 1.29 is 4.39 Å². The van der Waals surface area contributed by atoms with Gasteiger partial charge in [-0.3, -0.25) is 0 Å². The molecule has 3 rings (SSSR count). The van der Waals surface area contributed by atoms with Crippen LogP contribution in [0.2, 0.25) is 0 Å². The first kappa shape index (κ1) is 11.6. The number of hydrogen-bond acceptors (Lipinski definition) is 2. The Morgan fingerprint density at radius 1 is 1.39 bits per heavy atom. The summed E-state index contributed by atoms with van der Waals surface area (Å²) in [5.41, 5.74) is 2.46. The molecule has 0 spiro atoms. The molecule has 0 aliphatic carbocycles. The molecule has 1 unspecified atom stereocenters. The summed E-state index contributed by atoms with van der Waals surface area (Å²) in [5.74, 6) is -0.269. The van der Waals surface area contributed by atoms with Gasteiger partial charge in [-0.2, -0.15) is 11.3 Å². The Balaban J connectivity index is 2.26. The number of benzene rings is 1. The van der Waals surface area contributed by atoms with Crippen LogP contribution in [0.1, 0.15) is 18.5 Å². The predicted octanol–water partition coefficient (Wildman–Crippen LogP) is 4.51. The van der Waals surface area contributed by atoms with Gasteiger partial charge in [0, 0.05) is 0 Å². The number of nitrogens with zero attached hydrogens (tertiary/aromatic N) is 1. The maximum Gasteiger partial charge on any atom is 0.178 e. The fraction of sp³-hybridized carbons (Fsp3) is 0.154. The fourth-order valence-electron chi connectivity index (χ4n) is 2.16. The molecular formula is C13H11FN2S2.